The van der Waals surface area contributed by atoms with Crippen molar-refractivity contribution in [1.82, 2.24) is 9.62 Å². The van der Waals surface area contributed by atoms with Crippen LogP contribution in [0.15, 0.2) is 29.3 Å². The van der Waals surface area contributed by atoms with Gasteiger partial charge in [0, 0.05) is 6.54 Å². The summed E-state index contributed by atoms with van der Waals surface area (Å²) in [6, 6.07) is 7.48. The highest BCUT2D eigenvalue weighted by Gasteiger charge is 2.67. The summed E-state index contributed by atoms with van der Waals surface area (Å²) in [5.41, 5.74) is 5.27. The summed E-state index contributed by atoms with van der Waals surface area (Å²) in [5.74, 6) is 0.496. The van der Waals surface area contributed by atoms with Crippen molar-refractivity contribution in [3.63, 3.8) is 0 Å². The van der Waals surface area contributed by atoms with Gasteiger partial charge in [-0.2, -0.15) is 13.2 Å². The van der Waals surface area contributed by atoms with Gasteiger partial charge >= 0.3 is 6.18 Å². The lowest BCUT2D eigenvalue weighted by Gasteiger charge is -2.41. The van der Waals surface area contributed by atoms with Crippen LogP contribution >= 0.6 is 0 Å². The number of carbonyl (C=O) groups excluding carboxylic acids is 1. The lowest BCUT2D eigenvalue weighted by Crippen LogP contribution is -2.54. The fourth-order valence-electron chi connectivity index (χ4n) is 8.74. The molecule has 0 aromatic heterocycles. The highest BCUT2D eigenvalue weighted by atomic mass is 32.2. The van der Waals surface area contributed by atoms with Gasteiger partial charge in [0.1, 0.15) is 10.9 Å². The Kier molecular flexibility index (Phi) is 6.73. The molecule has 2 heterocycles. The normalized spacial score (nSPS) is 37.2. The van der Waals surface area contributed by atoms with Gasteiger partial charge in [-0.1, -0.05) is 24.3 Å². The zero-order valence-electron chi connectivity index (χ0n) is 23.5. The van der Waals surface area contributed by atoms with Crippen LogP contribution in [0.2, 0.25) is 0 Å². The number of carbonyl (C=O) groups is 1. The molecule has 2 aliphatic heterocycles. The van der Waals surface area contributed by atoms with Crippen LogP contribution in [0.1, 0.15) is 87.5 Å². The van der Waals surface area contributed by atoms with Gasteiger partial charge in [0.25, 0.3) is 6.02 Å². The molecular formula is C29H39F3N4O4S. The number of nitrogens with one attached hydrogen (secondary N) is 1. The molecule has 41 heavy (non-hydrogen) atoms. The average molecular weight is 597 g/mol. The molecule has 1 aromatic carbocycles. The molecule has 4 aliphatic carbocycles. The third-order valence-electron chi connectivity index (χ3n) is 10.4. The summed E-state index contributed by atoms with van der Waals surface area (Å²) in [6.45, 7) is 4.73. The number of hydrogen-bond donors (Lipinski definition) is 2. The number of aliphatic imine (C=N–C) groups is 1. The molecule has 4 bridgehead atoms. The van der Waals surface area contributed by atoms with E-state index in [0.717, 1.165) is 37.7 Å². The van der Waals surface area contributed by atoms with Crippen molar-refractivity contribution in [2.24, 2.45) is 28.0 Å². The molecule has 226 valence electrons. The van der Waals surface area contributed by atoms with Crippen LogP contribution in [0.4, 0.5) is 13.2 Å². The highest BCUT2D eigenvalue weighted by Crippen LogP contribution is 2.67. The first-order chi connectivity index (χ1) is 19.1. The van der Waals surface area contributed by atoms with E-state index in [1.807, 2.05) is 29.2 Å². The summed E-state index contributed by atoms with van der Waals surface area (Å²) in [5, 5.41) is -0.974. The van der Waals surface area contributed by atoms with Crippen molar-refractivity contribution in [1.29, 1.82) is 0 Å². The molecule has 5 unspecified atom stereocenters. The van der Waals surface area contributed by atoms with Crippen LogP contribution in [0.5, 0.6) is 0 Å². The van der Waals surface area contributed by atoms with Crippen LogP contribution in [0.3, 0.4) is 0 Å². The largest absolute Gasteiger partial charge is 0.457 e. The number of amides is 1. The second-order valence-corrected chi connectivity index (χ2v) is 15.4. The molecule has 1 amide bonds. The Morgan fingerprint density at radius 3 is 2.39 bits per heavy atom. The Bertz CT molecular complexity index is 1340. The van der Waals surface area contributed by atoms with E-state index in [2.05, 4.69) is 4.72 Å². The van der Waals surface area contributed by atoms with Gasteiger partial charge in [0.2, 0.25) is 15.9 Å². The summed E-state index contributed by atoms with van der Waals surface area (Å²) in [4.78, 5) is 19.1. The molecule has 12 heteroatoms. The summed E-state index contributed by atoms with van der Waals surface area (Å²) in [7, 11) is -3.90. The second-order valence-electron chi connectivity index (χ2n) is 13.6. The Morgan fingerprint density at radius 2 is 1.78 bits per heavy atom. The average Bonchev–Trinajstić information content (AvgIpc) is 3.22. The Hall–Kier alpha value is -2.34. The molecule has 4 saturated carbocycles. The maximum absolute atomic E-state index is 13.6. The van der Waals surface area contributed by atoms with Gasteiger partial charge in [-0.3, -0.25) is 4.79 Å². The molecule has 3 N–H and O–H groups in total. The SMILES string of the molecule is CC1(C)OC(=NC23CC4CC2CC(C(N)=O)(C4)C3)NS(=O)(=O)C1c1ccc(C2CCN(CCC(F)(F)F)CC2)cc1. The van der Waals surface area contributed by atoms with Crippen LogP contribution < -0.4 is 10.5 Å². The number of nitrogens with two attached hydrogens (primary N) is 1. The van der Waals surface area contributed by atoms with Crippen molar-refractivity contribution in [2.45, 2.75) is 93.7 Å². The quantitative estimate of drug-likeness (QED) is 0.506. The first-order valence-corrected chi connectivity index (χ1v) is 16.1. The number of likely N-dealkylation sites (tertiary alicyclic amines) is 1. The molecule has 0 spiro atoms. The Balaban J connectivity index is 1.15. The number of hydrogen-bond acceptors (Lipinski definition) is 6. The van der Waals surface area contributed by atoms with Crippen molar-refractivity contribution >= 4 is 22.0 Å². The van der Waals surface area contributed by atoms with Gasteiger partial charge in [0.05, 0.1) is 17.4 Å². The van der Waals surface area contributed by atoms with Crippen LogP contribution in [0.25, 0.3) is 0 Å². The maximum Gasteiger partial charge on any atom is 0.390 e. The standard InChI is InChI=1S/C29H39F3N4O4S/c1-26(2)23(21-5-3-19(4-6-21)20-7-10-36(11-8-20)12-9-29(30,31)32)41(38,39)35-25(40-26)34-28-15-18-13-22(28)16-27(14-18,17-28)24(33)37/h3-6,18,20,22-23H,7-17H2,1-2H3,(H2,33,37)(H,34,35). The van der Waals surface area contributed by atoms with E-state index in [9.17, 15) is 26.4 Å². The Morgan fingerprint density at radius 1 is 1.12 bits per heavy atom. The first-order valence-electron chi connectivity index (χ1n) is 14.6. The molecule has 7 rings (SSSR count). The molecule has 2 saturated heterocycles. The number of rotatable bonds is 6. The lowest BCUT2D eigenvalue weighted by atomic mass is 9.68. The zero-order chi connectivity index (χ0) is 29.4. The monoisotopic (exact) mass is 596 g/mol. The topological polar surface area (TPSA) is 114 Å². The van der Waals surface area contributed by atoms with E-state index >= 15 is 0 Å². The van der Waals surface area contributed by atoms with Crippen LogP contribution in [-0.2, 0) is 19.6 Å². The zero-order valence-corrected chi connectivity index (χ0v) is 24.4. The number of amidine groups is 1. The number of ether oxygens (including phenoxy) is 1. The smallest absolute Gasteiger partial charge is 0.390 e. The third kappa shape index (κ3) is 5.23. The maximum atomic E-state index is 13.6. The summed E-state index contributed by atoms with van der Waals surface area (Å²) >= 11 is 0. The van der Waals surface area contributed by atoms with Gasteiger partial charge in [-0.05, 0) is 101 Å². The van der Waals surface area contributed by atoms with Crippen molar-refractivity contribution in [3.05, 3.63) is 35.4 Å². The fraction of sp³-hybridized carbons (Fsp3) is 0.724. The fourth-order valence-corrected chi connectivity index (χ4v) is 10.5. The molecular weight excluding hydrogens is 557 g/mol. The number of sulfonamides is 1. The van der Waals surface area contributed by atoms with E-state index in [4.69, 9.17) is 15.5 Å². The van der Waals surface area contributed by atoms with E-state index in [0.29, 0.717) is 37.4 Å². The minimum Gasteiger partial charge on any atom is -0.457 e. The van der Waals surface area contributed by atoms with Crippen LogP contribution in [-0.4, -0.2) is 62.2 Å². The third-order valence-corrected chi connectivity index (χ3v) is 12.3. The number of halogens is 3. The lowest BCUT2D eigenvalue weighted by molar-refractivity contribution is -0.138. The van der Waals surface area contributed by atoms with Gasteiger partial charge in [-0.25, -0.2) is 18.1 Å². The molecule has 6 aliphatic rings. The van der Waals surface area contributed by atoms with E-state index < -0.39 is 44.4 Å². The summed E-state index contributed by atoms with van der Waals surface area (Å²) < 4.78 is 73.8. The molecule has 1 aromatic rings. The molecule has 5 atom stereocenters. The number of benzene rings is 1. The minimum absolute atomic E-state index is 0.00651. The Labute approximate surface area is 239 Å². The van der Waals surface area contributed by atoms with E-state index in [-0.39, 0.29) is 30.3 Å². The predicted molar refractivity (Wildman–Crippen MR) is 147 cm³/mol. The number of nitrogens with zero attached hydrogens (tertiary/aromatic N) is 2. The van der Waals surface area contributed by atoms with E-state index in [1.165, 1.54) is 0 Å². The molecule has 0 radical (unpaired) electrons. The first kappa shape index (κ1) is 28.8. The minimum atomic E-state index is -4.14. The van der Waals surface area contributed by atoms with Gasteiger partial charge in [0.15, 0.2) is 0 Å². The van der Waals surface area contributed by atoms with Crippen molar-refractivity contribution in [2.75, 3.05) is 19.6 Å². The van der Waals surface area contributed by atoms with Crippen LogP contribution in [0, 0.1) is 17.3 Å². The predicted octanol–water partition coefficient (Wildman–Crippen LogP) is 4.38. The summed E-state index contributed by atoms with van der Waals surface area (Å²) in [6.07, 6.45) is 0.400. The number of alkyl halides is 3. The second kappa shape index (κ2) is 9.59. The van der Waals surface area contributed by atoms with Crippen molar-refractivity contribution in [3.8, 4) is 0 Å². The number of primary amides is 1. The van der Waals surface area contributed by atoms with Gasteiger partial charge in [-0.15, -0.1) is 0 Å². The number of piperidine rings is 1. The molecule has 8 nitrogen and oxygen atoms in total. The van der Waals surface area contributed by atoms with Gasteiger partial charge < -0.3 is 15.4 Å². The van der Waals surface area contributed by atoms with E-state index in [1.54, 1.807) is 13.8 Å². The van der Waals surface area contributed by atoms with Crippen molar-refractivity contribution < 1.29 is 31.1 Å². The molecule has 6 fully saturated rings. The highest BCUT2D eigenvalue weighted by molar-refractivity contribution is 7.90.